The van der Waals surface area contributed by atoms with Crippen molar-refractivity contribution >= 4 is 21.6 Å². The van der Waals surface area contributed by atoms with Crippen LogP contribution in [0, 0.1) is 6.92 Å². The third-order valence-corrected chi connectivity index (χ3v) is 6.81. The molecule has 1 fully saturated rings. The summed E-state index contributed by atoms with van der Waals surface area (Å²) in [5.41, 5.74) is 1.78. The molecule has 3 rings (SSSR count). The number of hydrogen-bond donors (Lipinski definition) is 1. The van der Waals surface area contributed by atoms with E-state index in [1.807, 2.05) is 49.1 Å². The van der Waals surface area contributed by atoms with E-state index >= 15 is 0 Å². The number of nitrogens with one attached hydrogen (secondary N) is 1. The normalized spacial score (nSPS) is 17.4. The van der Waals surface area contributed by atoms with Crippen molar-refractivity contribution in [3.8, 4) is 0 Å². The molecule has 1 amide bonds. The molecule has 1 heterocycles. The number of piperazine rings is 1. The van der Waals surface area contributed by atoms with E-state index in [9.17, 15) is 13.2 Å². The SMILES string of the molecule is Cc1ccc(S(=O)(=O)N2CCN([C@@H](C)C(=O)Nc3ccccc3)CC2)cc1. The van der Waals surface area contributed by atoms with E-state index in [-0.39, 0.29) is 11.9 Å². The van der Waals surface area contributed by atoms with Crippen LogP contribution in [0.4, 0.5) is 5.69 Å². The number of hydrogen-bond acceptors (Lipinski definition) is 4. The number of anilines is 1. The van der Waals surface area contributed by atoms with E-state index in [4.69, 9.17) is 0 Å². The first-order chi connectivity index (χ1) is 12.9. The zero-order chi connectivity index (χ0) is 19.4. The smallest absolute Gasteiger partial charge is 0.243 e. The predicted octanol–water partition coefficient (Wildman–Crippen LogP) is 2.33. The summed E-state index contributed by atoms with van der Waals surface area (Å²) in [4.78, 5) is 14.8. The van der Waals surface area contributed by atoms with Crippen LogP contribution < -0.4 is 5.32 Å². The second-order valence-corrected chi connectivity index (χ2v) is 8.72. The predicted molar refractivity (Wildman–Crippen MR) is 106 cm³/mol. The Balaban J connectivity index is 1.59. The number of nitrogens with zero attached hydrogens (tertiary/aromatic N) is 2. The summed E-state index contributed by atoms with van der Waals surface area (Å²) in [7, 11) is -3.49. The summed E-state index contributed by atoms with van der Waals surface area (Å²) < 4.78 is 27.1. The Morgan fingerprint density at radius 3 is 2.15 bits per heavy atom. The van der Waals surface area contributed by atoms with Gasteiger partial charge in [-0.2, -0.15) is 4.31 Å². The standard InChI is InChI=1S/C20H25N3O3S/c1-16-8-10-19(11-9-16)27(25,26)23-14-12-22(13-15-23)17(2)20(24)21-18-6-4-3-5-7-18/h3-11,17H,12-15H2,1-2H3,(H,21,24)/t17-/m0/s1. The highest BCUT2D eigenvalue weighted by Crippen LogP contribution is 2.19. The molecule has 1 aliphatic heterocycles. The van der Waals surface area contributed by atoms with Crippen LogP contribution in [0.5, 0.6) is 0 Å². The third-order valence-electron chi connectivity index (χ3n) is 4.90. The quantitative estimate of drug-likeness (QED) is 0.855. The van der Waals surface area contributed by atoms with E-state index in [0.29, 0.717) is 31.1 Å². The molecular formula is C20H25N3O3S. The fourth-order valence-electron chi connectivity index (χ4n) is 3.12. The van der Waals surface area contributed by atoms with E-state index in [2.05, 4.69) is 5.32 Å². The Labute approximate surface area is 160 Å². The van der Waals surface area contributed by atoms with Crippen molar-refractivity contribution in [2.24, 2.45) is 0 Å². The number of para-hydroxylation sites is 1. The molecule has 2 aromatic rings. The lowest BCUT2D eigenvalue weighted by Gasteiger charge is -2.36. The minimum atomic E-state index is -3.49. The number of amides is 1. The van der Waals surface area contributed by atoms with Crippen molar-refractivity contribution in [2.45, 2.75) is 24.8 Å². The van der Waals surface area contributed by atoms with Gasteiger partial charge in [-0.3, -0.25) is 9.69 Å². The number of sulfonamides is 1. The van der Waals surface area contributed by atoms with Gasteiger partial charge in [0, 0.05) is 31.9 Å². The lowest BCUT2D eigenvalue weighted by Crippen LogP contribution is -2.53. The molecule has 1 aliphatic rings. The molecular weight excluding hydrogens is 362 g/mol. The van der Waals surface area contributed by atoms with Crippen molar-refractivity contribution in [3.05, 3.63) is 60.2 Å². The van der Waals surface area contributed by atoms with E-state index in [1.165, 1.54) is 4.31 Å². The van der Waals surface area contributed by atoms with Gasteiger partial charge in [-0.05, 0) is 38.1 Å². The molecule has 0 unspecified atom stereocenters. The first-order valence-electron chi connectivity index (χ1n) is 9.05. The number of carbonyl (C=O) groups is 1. The minimum absolute atomic E-state index is 0.0870. The first-order valence-corrected chi connectivity index (χ1v) is 10.5. The van der Waals surface area contributed by atoms with Crippen molar-refractivity contribution in [2.75, 3.05) is 31.5 Å². The molecule has 7 heteroatoms. The highest BCUT2D eigenvalue weighted by molar-refractivity contribution is 7.89. The van der Waals surface area contributed by atoms with Gasteiger partial charge in [0.15, 0.2) is 0 Å². The molecule has 1 N–H and O–H groups in total. The molecule has 1 saturated heterocycles. The number of benzene rings is 2. The molecule has 2 aromatic carbocycles. The van der Waals surface area contributed by atoms with Gasteiger partial charge < -0.3 is 5.32 Å². The second kappa shape index (κ2) is 8.21. The average Bonchev–Trinajstić information content (AvgIpc) is 2.68. The maximum Gasteiger partial charge on any atom is 0.243 e. The summed E-state index contributed by atoms with van der Waals surface area (Å²) >= 11 is 0. The van der Waals surface area contributed by atoms with Crippen LogP contribution >= 0.6 is 0 Å². The van der Waals surface area contributed by atoms with Crippen LogP contribution in [0.3, 0.4) is 0 Å². The zero-order valence-electron chi connectivity index (χ0n) is 15.6. The number of carbonyl (C=O) groups excluding carboxylic acids is 1. The average molecular weight is 388 g/mol. The van der Waals surface area contributed by atoms with Gasteiger partial charge in [0.05, 0.1) is 10.9 Å². The molecule has 0 radical (unpaired) electrons. The van der Waals surface area contributed by atoms with E-state index < -0.39 is 10.0 Å². The summed E-state index contributed by atoms with van der Waals surface area (Å²) in [5, 5.41) is 2.90. The van der Waals surface area contributed by atoms with Gasteiger partial charge in [-0.25, -0.2) is 8.42 Å². The van der Waals surface area contributed by atoms with Crippen LogP contribution in [0.25, 0.3) is 0 Å². The summed E-state index contributed by atoms with van der Waals surface area (Å²) in [6, 6.07) is 15.9. The van der Waals surface area contributed by atoms with Crippen LogP contribution in [0.15, 0.2) is 59.5 Å². The van der Waals surface area contributed by atoms with Crippen molar-refractivity contribution in [1.82, 2.24) is 9.21 Å². The Morgan fingerprint density at radius 2 is 1.56 bits per heavy atom. The zero-order valence-corrected chi connectivity index (χ0v) is 16.4. The van der Waals surface area contributed by atoms with Gasteiger partial charge in [0.1, 0.15) is 0 Å². The van der Waals surface area contributed by atoms with Crippen LogP contribution in [-0.4, -0.2) is 55.8 Å². The number of aryl methyl sites for hydroxylation is 1. The molecule has 6 nitrogen and oxygen atoms in total. The Bertz CT molecular complexity index is 874. The van der Waals surface area contributed by atoms with Gasteiger partial charge in [0.25, 0.3) is 0 Å². The van der Waals surface area contributed by atoms with E-state index in [1.54, 1.807) is 24.3 Å². The summed E-state index contributed by atoms with van der Waals surface area (Å²) in [5.74, 6) is -0.0870. The molecule has 0 aliphatic carbocycles. The molecule has 27 heavy (non-hydrogen) atoms. The van der Waals surface area contributed by atoms with Crippen LogP contribution in [0.1, 0.15) is 12.5 Å². The van der Waals surface area contributed by atoms with E-state index in [0.717, 1.165) is 11.3 Å². The van der Waals surface area contributed by atoms with Crippen molar-refractivity contribution < 1.29 is 13.2 Å². The molecule has 0 bridgehead atoms. The van der Waals surface area contributed by atoms with Gasteiger partial charge in [-0.1, -0.05) is 35.9 Å². The molecule has 0 aromatic heterocycles. The largest absolute Gasteiger partial charge is 0.325 e. The van der Waals surface area contributed by atoms with Crippen LogP contribution in [0.2, 0.25) is 0 Å². The molecule has 1 atom stereocenters. The second-order valence-electron chi connectivity index (χ2n) is 6.78. The molecule has 0 spiro atoms. The van der Waals surface area contributed by atoms with Gasteiger partial charge in [-0.15, -0.1) is 0 Å². The Morgan fingerprint density at radius 1 is 0.963 bits per heavy atom. The third kappa shape index (κ3) is 4.55. The van der Waals surface area contributed by atoms with Crippen LogP contribution in [-0.2, 0) is 14.8 Å². The molecule has 0 saturated carbocycles. The van der Waals surface area contributed by atoms with Crippen molar-refractivity contribution in [1.29, 1.82) is 0 Å². The Kier molecular flexibility index (Phi) is 5.94. The van der Waals surface area contributed by atoms with Crippen molar-refractivity contribution in [3.63, 3.8) is 0 Å². The Hall–Kier alpha value is -2.22. The minimum Gasteiger partial charge on any atom is -0.325 e. The lowest BCUT2D eigenvalue weighted by molar-refractivity contribution is -0.121. The maximum absolute atomic E-state index is 12.8. The first kappa shape index (κ1) is 19.5. The highest BCUT2D eigenvalue weighted by Gasteiger charge is 2.31. The summed E-state index contributed by atoms with van der Waals surface area (Å²) in [6.45, 7) is 5.57. The monoisotopic (exact) mass is 387 g/mol. The topological polar surface area (TPSA) is 69.7 Å². The highest BCUT2D eigenvalue weighted by atomic mass is 32.2. The number of rotatable bonds is 5. The fraction of sp³-hybridized carbons (Fsp3) is 0.350. The molecule has 144 valence electrons. The maximum atomic E-state index is 12.8. The van der Waals surface area contributed by atoms with Gasteiger partial charge >= 0.3 is 0 Å². The fourth-order valence-corrected chi connectivity index (χ4v) is 4.55. The van der Waals surface area contributed by atoms with Gasteiger partial charge in [0.2, 0.25) is 15.9 Å². The lowest BCUT2D eigenvalue weighted by atomic mass is 10.2. The summed E-state index contributed by atoms with van der Waals surface area (Å²) in [6.07, 6.45) is 0.